The maximum absolute atomic E-state index is 12.2. The third kappa shape index (κ3) is 3.48. The minimum absolute atomic E-state index is 0.0584. The van der Waals surface area contributed by atoms with E-state index in [4.69, 9.17) is 0 Å². The molecule has 2 aromatic carbocycles. The molecule has 0 radical (unpaired) electrons. The van der Waals surface area contributed by atoms with Crippen LogP contribution in [0.2, 0.25) is 0 Å². The van der Waals surface area contributed by atoms with Crippen LogP contribution in [-0.4, -0.2) is 16.5 Å². The van der Waals surface area contributed by atoms with Gasteiger partial charge in [0.2, 0.25) is 0 Å². The van der Waals surface area contributed by atoms with Gasteiger partial charge in [0.15, 0.2) is 5.82 Å². The Balaban J connectivity index is 1.84. The van der Waals surface area contributed by atoms with Crippen molar-refractivity contribution in [3.8, 4) is 0 Å². The topological polar surface area (TPSA) is 50.2 Å². The van der Waals surface area contributed by atoms with Gasteiger partial charge in [0.1, 0.15) is 13.1 Å². The summed E-state index contributed by atoms with van der Waals surface area (Å²) in [4.78, 5) is 21.1. The smallest absolute Gasteiger partial charge is 0.258 e. The fraction of sp³-hybridized carbons (Fsp3) is 0.263. The van der Waals surface area contributed by atoms with Crippen molar-refractivity contribution in [1.82, 2.24) is 9.97 Å². The third-order valence-corrected chi connectivity index (χ3v) is 4.28. The molecular weight excluding hydrogens is 286 g/mol. The minimum atomic E-state index is -0.0584. The lowest BCUT2D eigenvalue weighted by molar-refractivity contribution is -0.926. The van der Waals surface area contributed by atoms with E-state index < -0.39 is 0 Å². The van der Waals surface area contributed by atoms with Gasteiger partial charge in [-0.25, -0.2) is 4.98 Å². The molecule has 1 aromatic heterocycles. The standard InChI is InChI=1S/C19H21N3O/c1-3-22(12-15-9-5-4-8-14(15)2)13-18-20-17-11-7-6-10-16(17)19(23)21-18/h4-11H,3,12-13H2,1-2H3,(H,20,21,23)/p+1. The van der Waals surface area contributed by atoms with E-state index in [1.54, 1.807) is 0 Å². The number of quaternary nitrogens is 1. The lowest BCUT2D eigenvalue weighted by Gasteiger charge is -2.18. The van der Waals surface area contributed by atoms with E-state index in [1.807, 2.05) is 24.3 Å². The summed E-state index contributed by atoms with van der Waals surface area (Å²) in [5.41, 5.74) is 3.35. The van der Waals surface area contributed by atoms with Crippen molar-refractivity contribution in [3.63, 3.8) is 0 Å². The monoisotopic (exact) mass is 308 g/mol. The number of rotatable bonds is 5. The summed E-state index contributed by atoms with van der Waals surface area (Å²) in [5.74, 6) is 0.749. The summed E-state index contributed by atoms with van der Waals surface area (Å²) in [7, 11) is 0. The van der Waals surface area contributed by atoms with Gasteiger partial charge in [-0.05, 0) is 31.5 Å². The van der Waals surface area contributed by atoms with E-state index in [0.717, 1.165) is 24.4 Å². The SMILES string of the molecule is CC[NH+](Cc1nc2ccccc2c(=O)[nH]1)Cc1ccccc1C. The quantitative estimate of drug-likeness (QED) is 0.755. The van der Waals surface area contributed by atoms with Crippen LogP contribution in [0.4, 0.5) is 0 Å². The van der Waals surface area contributed by atoms with Gasteiger partial charge in [-0.2, -0.15) is 0 Å². The highest BCUT2D eigenvalue weighted by atomic mass is 16.1. The summed E-state index contributed by atoms with van der Waals surface area (Å²) in [6.07, 6.45) is 0. The number of H-pyrrole nitrogens is 1. The zero-order chi connectivity index (χ0) is 16.2. The second-order valence-electron chi connectivity index (χ2n) is 5.91. The number of para-hydroxylation sites is 1. The number of aryl methyl sites for hydroxylation is 1. The van der Waals surface area contributed by atoms with Crippen LogP contribution in [0, 0.1) is 6.92 Å². The van der Waals surface area contributed by atoms with Gasteiger partial charge in [0.05, 0.1) is 17.4 Å². The summed E-state index contributed by atoms with van der Waals surface area (Å²) >= 11 is 0. The molecule has 23 heavy (non-hydrogen) atoms. The Morgan fingerprint density at radius 2 is 1.78 bits per heavy atom. The lowest BCUT2D eigenvalue weighted by atomic mass is 10.1. The zero-order valence-corrected chi connectivity index (χ0v) is 13.6. The highest BCUT2D eigenvalue weighted by Gasteiger charge is 2.12. The van der Waals surface area contributed by atoms with Gasteiger partial charge in [-0.15, -0.1) is 0 Å². The first-order valence-corrected chi connectivity index (χ1v) is 8.03. The molecule has 3 rings (SSSR count). The van der Waals surface area contributed by atoms with E-state index in [2.05, 4.69) is 48.1 Å². The number of fused-ring (bicyclic) bond motifs is 1. The molecule has 0 saturated heterocycles. The van der Waals surface area contributed by atoms with Gasteiger partial charge < -0.3 is 9.88 Å². The number of aromatic nitrogens is 2. The third-order valence-electron chi connectivity index (χ3n) is 4.28. The Morgan fingerprint density at radius 3 is 2.57 bits per heavy atom. The van der Waals surface area contributed by atoms with E-state index >= 15 is 0 Å². The van der Waals surface area contributed by atoms with Crippen LogP contribution < -0.4 is 10.5 Å². The normalized spacial score (nSPS) is 12.4. The fourth-order valence-corrected chi connectivity index (χ4v) is 2.85. The summed E-state index contributed by atoms with van der Waals surface area (Å²) in [6, 6.07) is 15.9. The van der Waals surface area contributed by atoms with Crippen molar-refractivity contribution in [2.45, 2.75) is 26.9 Å². The Hall–Kier alpha value is -2.46. The molecule has 1 atom stereocenters. The van der Waals surface area contributed by atoms with Crippen molar-refractivity contribution in [2.75, 3.05) is 6.54 Å². The summed E-state index contributed by atoms with van der Waals surface area (Å²) in [5, 5.41) is 0.646. The first-order chi connectivity index (χ1) is 11.2. The molecule has 1 unspecified atom stereocenters. The van der Waals surface area contributed by atoms with Crippen LogP contribution in [0.25, 0.3) is 10.9 Å². The van der Waals surface area contributed by atoms with Crippen LogP contribution in [0.1, 0.15) is 23.9 Å². The molecule has 4 nitrogen and oxygen atoms in total. The molecule has 118 valence electrons. The molecule has 0 amide bonds. The predicted octanol–water partition coefficient (Wildman–Crippen LogP) is 1.84. The Labute approximate surface area is 135 Å². The van der Waals surface area contributed by atoms with Gasteiger partial charge in [-0.1, -0.05) is 36.4 Å². The number of nitrogens with zero attached hydrogens (tertiary/aromatic N) is 1. The van der Waals surface area contributed by atoms with E-state index in [-0.39, 0.29) is 5.56 Å². The van der Waals surface area contributed by atoms with Crippen LogP contribution in [0.3, 0.4) is 0 Å². The van der Waals surface area contributed by atoms with Crippen molar-refractivity contribution < 1.29 is 4.90 Å². The molecule has 1 heterocycles. The predicted molar refractivity (Wildman–Crippen MR) is 92.5 cm³/mol. The minimum Gasteiger partial charge on any atom is -0.325 e. The largest absolute Gasteiger partial charge is 0.325 e. The number of benzene rings is 2. The van der Waals surface area contributed by atoms with E-state index in [1.165, 1.54) is 16.0 Å². The molecule has 0 spiro atoms. The van der Waals surface area contributed by atoms with E-state index in [0.29, 0.717) is 11.9 Å². The van der Waals surface area contributed by atoms with Crippen LogP contribution >= 0.6 is 0 Å². The maximum Gasteiger partial charge on any atom is 0.258 e. The number of nitrogens with one attached hydrogen (secondary N) is 2. The summed E-state index contributed by atoms with van der Waals surface area (Å²) < 4.78 is 0. The van der Waals surface area contributed by atoms with E-state index in [9.17, 15) is 4.79 Å². The maximum atomic E-state index is 12.2. The average Bonchev–Trinajstić information content (AvgIpc) is 2.56. The highest BCUT2D eigenvalue weighted by molar-refractivity contribution is 5.77. The molecule has 3 aromatic rings. The molecule has 0 aliphatic rings. The van der Waals surface area contributed by atoms with Crippen molar-refractivity contribution in [1.29, 1.82) is 0 Å². The molecule has 0 saturated carbocycles. The Kier molecular flexibility index (Phi) is 4.53. The molecule has 4 heteroatoms. The molecular formula is C19H22N3O+. The Bertz CT molecular complexity index is 870. The molecule has 2 N–H and O–H groups in total. The summed E-state index contributed by atoms with van der Waals surface area (Å²) in [6.45, 7) is 6.92. The highest BCUT2D eigenvalue weighted by Crippen LogP contribution is 2.06. The van der Waals surface area contributed by atoms with Crippen LogP contribution in [-0.2, 0) is 13.1 Å². The number of hydrogen-bond donors (Lipinski definition) is 2. The van der Waals surface area contributed by atoms with Crippen molar-refractivity contribution in [3.05, 3.63) is 75.8 Å². The van der Waals surface area contributed by atoms with Gasteiger partial charge >= 0.3 is 0 Å². The molecule has 0 aliphatic carbocycles. The first kappa shape index (κ1) is 15.4. The number of aromatic amines is 1. The van der Waals surface area contributed by atoms with Crippen molar-refractivity contribution >= 4 is 10.9 Å². The van der Waals surface area contributed by atoms with Crippen LogP contribution in [0.15, 0.2) is 53.3 Å². The lowest BCUT2D eigenvalue weighted by Crippen LogP contribution is -3.09. The zero-order valence-electron chi connectivity index (χ0n) is 13.6. The van der Waals surface area contributed by atoms with Crippen molar-refractivity contribution in [2.24, 2.45) is 0 Å². The number of hydrogen-bond acceptors (Lipinski definition) is 2. The second-order valence-corrected chi connectivity index (χ2v) is 5.91. The molecule has 0 bridgehead atoms. The average molecular weight is 308 g/mol. The molecule has 0 aliphatic heterocycles. The Morgan fingerprint density at radius 1 is 1.04 bits per heavy atom. The molecule has 0 fully saturated rings. The van der Waals surface area contributed by atoms with Crippen LogP contribution in [0.5, 0.6) is 0 Å². The fourth-order valence-electron chi connectivity index (χ4n) is 2.85. The van der Waals surface area contributed by atoms with Gasteiger partial charge in [0, 0.05) is 5.56 Å². The first-order valence-electron chi connectivity index (χ1n) is 8.03. The van der Waals surface area contributed by atoms with Gasteiger partial charge in [-0.3, -0.25) is 4.79 Å². The van der Waals surface area contributed by atoms with Gasteiger partial charge in [0.25, 0.3) is 5.56 Å². The second kappa shape index (κ2) is 6.75.